The van der Waals surface area contributed by atoms with Gasteiger partial charge in [0.15, 0.2) is 0 Å². The minimum atomic E-state index is 0.616. The van der Waals surface area contributed by atoms with Crippen LogP contribution < -0.4 is 5.32 Å². The molecule has 102 valence electrons. The second kappa shape index (κ2) is 3.96. The monoisotopic (exact) mass is 248 g/mol. The van der Waals surface area contributed by atoms with Gasteiger partial charge in [-0.05, 0) is 70.1 Å². The van der Waals surface area contributed by atoms with Crippen molar-refractivity contribution in [2.45, 2.75) is 70.0 Å². The molecule has 1 heterocycles. The predicted molar refractivity (Wildman–Crippen MR) is 74.5 cm³/mol. The molecular weight excluding hydrogens is 220 g/mol. The zero-order valence-corrected chi connectivity index (χ0v) is 12.0. The van der Waals surface area contributed by atoms with E-state index in [4.69, 9.17) is 0 Å². The fraction of sp³-hybridized carbons (Fsp3) is 1.00. The van der Waals surface area contributed by atoms with Crippen LogP contribution >= 0.6 is 0 Å². The van der Waals surface area contributed by atoms with Gasteiger partial charge in [0, 0.05) is 30.7 Å². The highest BCUT2D eigenvalue weighted by Gasteiger charge is 2.54. The maximum Gasteiger partial charge on any atom is 0.0221 e. The van der Waals surface area contributed by atoms with Gasteiger partial charge in [0.25, 0.3) is 0 Å². The van der Waals surface area contributed by atoms with Gasteiger partial charge in [-0.3, -0.25) is 4.90 Å². The minimum absolute atomic E-state index is 0.616. The van der Waals surface area contributed by atoms with Crippen molar-refractivity contribution in [1.29, 1.82) is 0 Å². The van der Waals surface area contributed by atoms with Crippen molar-refractivity contribution < 1.29 is 0 Å². The molecule has 0 aromatic carbocycles. The lowest BCUT2D eigenvalue weighted by atomic mass is 9.52. The number of hydrogen-bond donors (Lipinski definition) is 1. The van der Waals surface area contributed by atoms with Crippen molar-refractivity contribution in [2.24, 2.45) is 17.8 Å². The third-order valence-corrected chi connectivity index (χ3v) is 6.38. The van der Waals surface area contributed by atoms with E-state index in [1.807, 2.05) is 0 Å². The average Bonchev–Trinajstić information content (AvgIpc) is 2.30. The van der Waals surface area contributed by atoms with Crippen LogP contribution in [0, 0.1) is 17.8 Å². The van der Waals surface area contributed by atoms with E-state index in [1.165, 1.54) is 32.4 Å². The summed E-state index contributed by atoms with van der Waals surface area (Å²) in [4.78, 5) is 2.93. The summed E-state index contributed by atoms with van der Waals surface area (Å²) in [5.41, 5.74) is 0.616. The molecule has 2 nitrogen and oxygen atoms in total. The molecule has 5 rings (SSSR count). The number of nitrogens with one attached hydrogen (secondary N) is 1. The zero-order chi connectivity index (χ0) is 12.3. The van der Waals surface area contributed by atoms with E-state index >= 15 is 0 Å². The Balaban J connectivity index is 1.62. The molecule has 2 unspecified atom stereocenters. The smallest absolute Gasteiger partial charge is 0.0221 e. The summed E-state index contributed by atoms with van der Waals surface area (Å²) in [6.45, 7) is 7.28. The van der Waals surface area contributed by atoms with Gasteiger partial charge in [0.05, 0.1) is 0 Å². The van der Waals surface area contributed by atoms with Crippen molar-refractivity contribution in [2.75, 3.05) is 13.1 Å². The maximum absolute atomic E-state index is 3.65. The summed E-state index contributed by atoms with van der Waals surface area (Å²) < 4.78 is 0. The van der Waals surface area contributed by atoms with Crippen molar-refractivity contribution in [3.8, 4) is 0 Å². The highest BCUT2D eigenvalue weighted by Crippen LogP contribution is 2.58. The summed E-state index contributed by atoms with van der Waals surface area (Å²) in [5.74, 6) is 3.23. The SMILES string of the molecule is CC1CN(C23CC4CC(CC(C4)C2)C3)C(C)CN1. The molecule has 4 aliphatic carbocycles. The first-order chi connectivity index (χ1) is 8.64. The number of hydrogen-bond acceptors (Lipinski definition) is 2. The molecule has 1 aliphatic heterocycles. The molecule has 0 radical (unpaired) electrons. The lowest BCUT2D eigenvalue weighted by molar-refractivity contribution is -0.111. The van der Waals surface area contributed by atoms with E-state index in [0.29, 0.717) is 11.6 Å². The lowest BCUT2D eigenvalue weighted by Gasteiger charge is -2.63. The van der Waals surface area contributed by atoms with Crippen molar-refractivity contribution in [3.63, 3.8) is 0 Å². The second-order valence-corrected chi connectivity index (χ2v) is 7.95. The normalized spacial score (nSPS) is 56.0. The standard InChI is InChI=1S/C16H28N2/c1-11-10-18(12(2)9-17-11)16-6-13-3-14(7-16)5-15(4-13)8-16/h11-15,17H,3-10H2,1-2H3. The molecule has 5 fully saturated rings. The van der Waals surface area contributed by atoms with Gasteiger partial charge in [0.1, 0.15) is 0 Å². The Morgan fingerprint density at radius 2 is 1.50 bits per heavy atom. The van der Waals surface area contributed by atoms with Crippen LogP contribution in [0.5, 0.6) is 0 Å². The summed E-state index contributed by atoms with van der Waals surface area (Å²) in [7, 11) is 0. The third-order valence-electron chi connectivity index (χ3n) is 6.38. The van der Waals surface area contributed by atoms with E-state index in [-0.39, 0.29) is 0 Å². The van der Waals surface area contributed by atoms with E-state index in [1.54, 1.807) is 19.3 Å². The van der Waals surface area contributed by atoms with E-state index in [0.717, 1.165) is 23.8 Å². The Bertz CT molecular complexity index is 303. The fourth-order valence-electron chi connectivity index (χ4n) is 6.10. The van der Waals surface area contributed by atoms with Crippen LogP contribution in [-0.4, -0.2) is 35.6 Å². The Kier molecular flexibility index (Phi) is 2.58. The minimum Gasteiger partial charge on any atom is -0.311 e. The van der Waals surface area contributed by atoms with Crippen LogP contribution in [0.15, 0.2) is 0 Å². The molecule has 0 amide bonds. The van der Waals surface area contributed by atoms with Gasteiger partial charge in [-0.1, -0.05) is 0 Å². The topological polar surface area (TPSA) is 15.3 Å². The predicted octanol–water partition coefficient (Wildman–Crippen LogP) is 2.64. The van der Waals surface area contributed by atoms with Crippen LogP contribution in [0.25, 0.3) is 0 Å². The molecule has 5 aliphatic rings. The Hall–Kier alpha value is -0.0800. The molecule has 2 atom stereocenters. The lowest BCUT2D eigenvalue weighted by Crippen LogP contribution is -2.67. The van der Waals surface area contributed by atoms with Gasteiger partial charge >= 0.3 is 0 Å². The molecule has 0 spiro atoms. The highest BCUT2D eigenvalue weighted by molar-refractivity contribution is 5.09. The summed E-state index contributed by atoms with van der Waals surface area (Å²) in [5, 5.41) is 3.65. The van der Waals surface area contributed by atoms with Crippen LogP contribution in [0.4, 0.5) is 0 Å². The van der Waals surface area contributed by atoms with Crippen molar-refractivity contribution in [3.05, 3.63) is 0 Å². The van der Waals surface area contributed by atoms with Gasteiger partial charge in [0.2, 0.25) is 0 Å². The van der Waals surface area contributed by atoms with Gasteiger partial charge in [-0.25, -0.2) is 0 Å². The molecule has 0 aromatic rings. The van der Waals surface area contributed by atoms with E-state index in [9.17, 15) is 0 Å². The largest absolute Gasteiger partial charge is 0.311 e. The maximum atomic E-state index is 3.65. The first kappa shape index (κ1) is 11.7. The van der Waals surface area contributed by atoms with Gasteiger partial charge in [-0.2, -0.15) is 0 Å². The average molecular weight is 248 g/mol. The summed E-state index contributed by atoms with van der Waals surface area (Å²) >= 11 is 0. The number of nitrogens with zero attached hydrogens (tertiary/aromatic N) is 1. The van der Waals surface area contributed by atoms with Crippen LogP contribution in [0.3, 0.4) is 0 Å². The van der Waals surface area contributed by atoms with Gasteiger partial charge < -0.3 is 5.32 Å². The van der Waals surface area contributed by atoms with Gasteiger partial charge in [-0.15, -0.1) is 0 Å². The van der Waals surface area contributed by atoms with E-state index < -0.39 is 0 Å². The number of rotatable bonds is 1. The third kappa shape index (κ3) is 1.68. The Morgan fingerprint density at radius 1 is 0.944 bits per heavy atom. The molecule has 2 heteroatoms. The van der Waals surface area contributed by atoms with Crippen LogP contribution in [0.2, 0.25) is 0 Å². The summed E-state index contributed by atoms with van der Waals surface area (Å²) in [6, 6.07) is 1.44. The number of piperazine rings is 1. The second-order valence-electron chi connectivity index (χ2n) is 7.95. The molecule has 4 saturated carbocycles. The van der Waals surface area contributed by atoms with E-state index in [2.05, 4.69) is 24.1 Å². The Morgan fingerprint density at radius 3 is 2.06 bits per heavy atom. The quantitative estimate of drug-likeness (QED) is 0.767. The van der Waals surface area contributed by atoms with Crippen molar-refractivity contribution >= 4 is 0 Å². The molecule has 1 saturated heterocycles. The van der Waals surface area contributed by atoms with Crippen LogP contribution in [0.1, 0.15) is 52.4 Å². The highest BCUT2D eigenvalue weighted by atomic mass is 15.3. The van der Waals surface area contributed by atoms with Crippen LogP contribution in [-0.2, 0) is 0 Å². The van der Waals surface area contributed by atoms with Crippen molar-refractivity contribution in [1.82, 2.24) is 10.2 Å². The fourth-order valence-corrected chi connectivity index (χ4v) is 6.10. The molecular formula is C16H28N2. The molecule has 1 N–H and O–H groups in total. The molecule has 4 bridgehead atoms. The zero-order valence-electron chi connectivity index (χ0n) is 12.0. The Labute approximate surface area is 111 Å². The summed E-state index contributed by atoms with van der Waals surface area (Å²) in [6.07, 6.45) is 9.27. The first-order valence-electron chi connectivity index (χ1n) is 8.15. The first-order valence-corrected chi connectivity index (χ1v) is 8.15. The molecule has 18 heavy (non-hydrogen) atoms. The molecule has 0 aromatic heterocycles.